The number of benzene rings is 1. The van der Waals surface area contributed by atoms with Gasteiger partial charge in [-0.3, -0.25) is 9.78 Å². The second kappa shape index (κ2) is 6.64. The Bertz CT molecular complexity index is 704. The molecule has 1 aromatic carbocycles. The number of rotatable bonds is 2. The van der Waals surface area contributed by atoms with Gasteiger partial charge in [0, 0.05) is 18.8 Å². The first-order chi connectivity index (χ1) is 10.1. The molecular weight excluding hydrogens is 269 g/mol. The van der Waals surface area contributed by atoms with Crippen molar-refractivity contribution in [3.63, 3.8) is 0 Å². The molecule has 0 spiro atoms. The second-order valence-electron chi connectivity index (χ2n) is 4.28. The van der Waals surface area contributed by atoms with Gasteiger partial charge in [0.05, 0.1) is 24.0 Å². The van der Waals surface area contributed by atoms with Crippen molar-refractivity contribution in [1.29, 1.82) is 0 Å². The van der Waals surface area contributed by atoms with Gasteiger partial charge in [-0.1, -0.05) is 11.8 Å². The molecule has 0 aliphatic carbocycles. The zero-order chi connectivity index (χ0) is 15.2. The molecule has 2 N–H and O–H groups in total. The fraction of sp³-hybridized carbons (Fsp3) is 0.125. The smallest absolute Gasteiger partial charge is 0.258 e. The fourth-order valence-corrected chi connectivity index (χ4v) is 1.76. The number of carbonyl (C=O) groups is 1. The maximum atomic E-state index is 13.9. The predicted molar refractivity (Wildman–Crippen MR) is 79.3 cm³/mol. The third-order valence-corrected chi connectivity index (χ3v) is 2.88. The van der Waals surface area contributed by atoms with Crippen LogP contribution in [0.25, 0.3) is 0 Å². The van der Waals surface area contributed by atoms with Crippen LogP contribution in [0.1, 0.15) is 15.9 Å². The molecule has 0 radical (unpaired) electrons. The standard InChI is InChI=1S/C16H14FN3O/c1-20(14-5-3-9-19-11-14)16(21)13-7-6-12(4-2-8-18)15(17)10-13/h3,5-7,9-11H,8,18H2,1H3. The Morgan fingerprint density at radius 1 is 1.43 bits per heavy atom. The van der Waals surface area contributed by atoms with Crippen LogP contribution in [0.15, 0.2) is 42.7 Å². The van der Waals surface area contributed by atoms with E-state index < -0.39 is 5.82 Å². The summed E-state index contributed by atoms with van der Waals surface area (Å²) in [5.74, 6) is 4.33. The minimum Gasteiger partial charge on any atom is -0.320 e. The molecule has 2 aromatic rings. The Morgan fingerprint density at radius 3 is 2.86 bits per heavy atom. The van der Waals surface area contributed by atoms with Crippen molar-refractivity contribution in [3.8, 4) is 11.8 Å². The van der Waals surface area contributed by atoms with Gasteiger partial charge in [-0.15, -0.1) is 0 Å². The van der Waals surface area contributed by atoms with Gasteiger partial charge in [0.15, 0.2) is 0 Å². The van der Waals surface area contributed by atoms with Crippen LogP contribution >= 0.6 is 0 Å². The van der Waals surface area contributed by atoms with Crippen molar-refractivity contribution in [1.82, 2.24) is 4.98 Å². The number of hydrogen-bond donors (Lipinski definition) is 1. The number of halogens is 1. The van der Waals surface area contributed by atoms with E-state index in [-0.39, 0.29) is 23.6 Å². The van der Waals surface area contributed by atoms with Gasteiger partial charge in [-0.25, -0.2) is 4.39 Å². The number of nitrogens with two attached hydrogens (primary N) is 1. The number of anilines is 1. The van der Waals surface area contributed by atoms with Gasteiger partial charge < -0.3 is 10.6 Å². The molecule has 0 aliphatic heterocycles. The van der Waals surface area contributed by atoms with Crippen LogP contribution in [0.4, 0.5) is 10.1 Å². The summed E-state index contributed by atoms with van der Waals surface area (Å²) < 4.78 is 13.9. The molecule has 0 aliphatic rings. The summed E-state index contributed by atoms with van der Waals surface area (Å²) in [5, 5.41) is 0. The lowest BCUT2D eigenvalue weighted by molar-refractivity contribution is 0.0992. The minimum absolute atomic E-state index is 0.157. The molecule has 1 amide bonds. The SMILES string of the molecule is CN(C(=O)c1ccc(C#CCN)c(F)c1)c1cccnc1. The first-order valence-corrected chi connectivity index (χ1v) is 6.30. The number of amides is 1. The van der Waals surface area contributed by atoms with Crippen LogP contribution in [-0.2, 0) is 0 Å². The summed E-state index contributed by atoms with van der Waals surface area (Å²) in [7, 11) is 1.61. The zero-order valence-electron chi connectivity index (χ0n) is 11.5. The summed E-state index contributed by atoms with van der Waals surface area (Å²) in [6, 6.07) is 7.67. The average Bonchev–Trinajstić information content (AvgIpc) is 2.53. The lowest BCUT2D eigenvalue weighted by atomic mass is 10.1. The molecule has 4 nitrogen and oxygen atoms in total. The normalized spacial score (nSPS) is 9.67. The predicted octanol–water partition coefficient (Wildman–Crippen LogP) is 1.81. The van der Waals surface area contributed by atoms with Crippen LogP contribution in [0.3, 0.4) is 0 Å². The first kappa shape index (κ1) is 14.7. The molecule has 0 bridgehead atoms. The highest BCUT2D eigenvalue weighted by molar-refractivity contribution is 6.05. The van der Waals surface area contributed by atoms with E-state index in [2.05, 4.69) is 16.8 Å². The van der Waals surface area contributed by atoms with Gasteiger partial charge in [-0.05, 0) is 30.3 Å². The van der Waals surface area contributed by atoms with E-state index in [1.54, 1.807) is 37.6 Å². The number of nitrogens with zero attached hydrogens (tertiary/aromatic N) is 2. The minimum atomic E-state index is -0.540. The molecular formula is C16H14FN3O. The third kappa shape index (κ3) is 3.44. The van der Waals surface area contributed by atoms with Crippen molar-refractivity contribution in [2.75, 3.05) is 18.5 Å². The summed E-state index contributed by atoms with van der Waals surface area (Å²) >= 11 is 0. The molecule has 0 saturated carbocycles. The zero-order valence-corrected chi connectivity index (χ0v) is 11.5. The average molecular weight is 283 g/mol. The van der Waals surface area contributed by atoms with Crippen LogP contribution in [0.2, 0.25) is 0 Å². The highest BCUT2D eigenvalue weighted by Crippen LogP contribution is 2.16. The van der Waals surface area contributed by atoms with Crippen LogP contribution < -0.4 is 10.6 Å². The molecule has 5 heteroatoms. The molecule has 1 aromatic heterocycles. The van der Waals surface area contributed by atoms with Gasteiger partial charge in [0.2, 0.25) is 0 Å². The topological polar surface area (TPSA) is 59.2 Å². The highest BCUT2D eigenvalue weighted by Gasteiger charge is 2.15. The monoisotopic (exact) mass is 283 g/mol. The van der Waals surface area contributed by atoms with Gasteiger partial charge in [0.25, 0.3) is 5.91 Å². The molecule has 1 heterocycles. The summed E-state index contributed by atoms with van der Waals surface area (Å²) in [6.07, 6.45) is 3.18. The van der Waals surface area contributed by atoms with Crippen molar-refractivity contribution in [3.05, 3.63) is 59.7 Å². The summed E-state index contributed by atoms with van der Waals surface area (Å²) in [5.41, 5.74) is 6.35. The van der Waals surface area contributed by atoms with Crippen molar-refractivity contribution < 1.29 is 9.18 Å². The summed E-state index contributed by atoms with van der Waals surface area (Å²) in [6.45, 7) is 0.157. The third-order valence-electron chi connectivity index (χ3n) is 2.88. The quantitative estimate of drug-likeness (QED) is 0.855. The highest BCUT2D eigenvalue weighted by atomic mass is 19.1. The maximum absolute atomic E-state index is 13.9. The Hall–Kier alpha value is -2.71. The summed E-state index contributed by atoms with van der Waals surface area (Å²) in [4.78, 5) is 17.7. The van der Waals surface area contributed by atoms with Gasteiger partial charge >= 0.3 is 0 Å². The van der Waals surface area contributed by atoms with Crippen molar-refractivity contribution in [2.24, 2.45) is 5.73 Å². The van der Waals surface area contributed by atoms with Crippen molar-refractivity contribution in [2.45, 2.75) is 0 Å². The number of hydrogen-bond acceptors (Lipinski definition) is 3. The lowest BCUT2D eigenvalue weighted by Crippen LogP contribution is -2.26. The van der Waals surface area contributed by atoms with Crippen LogP contribution in [-0.4, -0.2) is 24.5 Å². The Morgan fingerprint density at radius 2 is 2.24 bits per heavy atom. The molecule has 106 valence electrons. The van der Waals surface area contributed by atoms with E-state index >= 15 is 0 Å². The van der Waals surface area contributed by atoms with Crippen molar-refractivity contribution >= 4 is 11.6 Å². The Labute approximate surface area is 122 Å². The molecule has 0 fully saturated rings. The number of carbonyl (C=O) groups excluding carboxylic acids is 1. The van der Waals surface area contributed by atoms with E-state index in [0.29, 0.717) is 5.69 Å². The molecule has 0 atom stereocenters. The fourth-order valence-electron chi connectivity index (χ4n) is 1.76. The van der Waals surface area contributed by atoms with E-state index in [9.17, 15) is 9.18 Å². The van der Waals surface area contributed by atoms with Gasteiger partial charge in [0.1, 0.15) is 5.82 Å². The van der Waals surface area contributed by atoms with Gasteiger partial charge in [-0.2, -0.15) is 0 Å². The molecule has 21 heavy (non-hydrogen) atoms. The van der Waals surface area contributed by atoms with E-state index in [1.165, 1.54) is 17.0 Å². The Balaban J connectivity index is 2.26. The number of aromatic nitrogens is 1. The van der Waals surface area contributed by atoms with E-state index in [1.807, 2.05) is 0 Å². The Kier molecular flexibility index (Phi) is 4.64. The number of pyridine rings is 1. The van der Waals surface area contributed by atoms with E-state index in [0.717, 1.165) is 0 Å². The lowest BCUT2D eigenvalue weighted by Gasteiger charge is -2.16. The molecule has 0 unspecified atom stereocenters. The van der Waals surface area contributed by atoms with E-state index in [4.69, 9.17) is 5.73 Å². The maximum Gasteiger partial charge on any atom is 0.258 e. The van der Waals surface area contributed by atoms with Crippen LogP contribution in [0, 0.1) is 17.7 Å². The largest absolute Gasteiger partial charge is 0.320 e. The second-order valence-corrected chi connectivity index (χ2v) is 4.28. The van der Waals surface area contributed by atoms with Crippen LogP contribution in [0.5, 0.6) is 0 Å². The first-order valence-electron chi connectivity index (χ1n) is 6.30. The molecule has 2 rings (SSSR count). The molecule has 0 saturated heterocycles.